The van der Waals surface area contributed by atoms with E-state index in [1.54, 1.807) is 6.07 Å². The molecule has 1 aliphatic rings. The summed E-state index contributed by atoms with van der Waals surface area (Å²) in [5.41, 5.74) is 0.427. The van der Waals surface area contributed by atoms with E-state index in [4.69, 9.17) is 4.74 Å². The third-order valence-corrected chi connectivity index (χ3v) is 3.34. The van der Waals surface area contributed by atoms with Crippen molar-refractivity contribution in [2.75, 3.05) is 6.61 Å². The van der Waals surface area contributed by atoms with Gasteiger partial charge >= 0.3 is 18.9 Å². The van der Waals surface area contributed by atoms with Crippen LogP contribution in [-0.2, 0) is 4.74 Å². The molecule has 0 bridgehead atoms. The second-order valence-electron chi connectivity index (χ2n) is 4.58. The minimum Gasteiger partial charge on any atom is -0.378 e. The van der Waals surface area contributed by atoms with E-state index in [0.717, 1.165) is 25.7 Å². The molecule has 0 aromatic heterocycles. The molecule has 2 unspecified atom stereocenters. The van der Waals surface area contributed by atoms with Gasteiger partial charge in [0.05, 0.1) is 12.7 Å². The van der Waals surface area contributed by atoms with Crippen molar-refractivity contribution in [3.05, 3.63) is 35.4 Å². The fraction of sp³-hybridized carbons (Fsp3) is 0.571. The first kappa shape index (κ1) is 15.7. The standard InChI is InChI=1S/C14H17F2O.Li/c1-2-4-11-8-7-10(9-17-11)12-5-3-6-13(15)14(12)16;/h3,5,10-11H,2,4,7-9H2,1H3;/q-1;+1. The van der Waals surface area contributed by atoms with Gasteiger partial charge in [-0.3, -0.25) is 4.39 Å². The van der Waals surface area contributed by atoms with Crippen molar-refractivity contribution in [2.24, 2.45) is 0 Å². The molecule has 18 heavy (non-hydrogen) atoms. The van der Waals surface area contributed by atoms with Crippen molar-refractivity contribution in [2.45, 2.75) is 44.6 Å². The first-order valence-corrected chi connectivity index (χ1v) is 6.19. The van der Waals surface area contributed by atoms with Crippen LogP contribution < -0.4 is 18.9 Å². The van der Waals surface area contributed by atoms with Crippen LogP contribution in [0.15, 0.2) is 12.1 Å². The number of benzene rings is 1. The van der Waals surface area contributed by atoms with Crippen LogP contribution in [0.3, 0.4) is 0 Å². The maximum Gasteiger partial charge on any atom is 1.00 e. The Kier molecular flexibility index (Phi) is 6.35. The summed E-state index contributed by atoms with van der Waals surface area (Å²) in [5, 5.41) is 0. The normalized spacial score (nSPS) is 23.5. The minimum absolute atomic E-state index is 0. The van der Waals surface area contributed by atoms with Gasteiger partial charge in [-0.05, 0) is 25.2 Å². The van der Waals surface area contributed by atoms with E-state index in [9.17, 15) is 8.78 Å². The molecule has 0 amide bonds. The molecule has 1 aromatic carbocycles. The van der Waals surface area contributed by atoms with Crippen molar-refractivity contribution in [1.29, 1.82) is 0 Å². The Morgan fingerprint density at radius 3 is 2.78 bits per heavy atom. The summed E-state index contributed by atoms with van der Waals surface area (Å²) in [4.78, 5) is 0. The molecule has 0 radical (unpaired) electrons. The van der Waals surface area contributed by atoms with Gasteiger partial charge in [-0.1, -0.05) is 13.3 Å². The summed E-state index contributed by atoms with van der Waals surface area (Å²) in [6, 6.07) is 5.27. The minimum atomic E-state index is -0.891. The van der Waals surface area contributed by atoms with Crippen LogP contribution in [0, 0.1) is 17.7 Å². The summed E-state index contributed by atoms with van der Waals surface area (Å²) < 4.78 is 32.3. The quantitative estimate of drug-likeness (QED) is 0.567. The van der Waals surface area contributed by atoms with Crippen molar-refractivity contribution in [3.63, 3.8) is 0 Å². The zero-order valence-corrected chi connectivity index (χ0v) is 11.0. The molecule has 1 saturated heterocycles. The van der Waals surface area contributed by atoms with E-state index >= 15 is 0 Å². The van der Waals surface area contributed by atoms with Crippen LogP contribution >= 0.6 is 0 Å². The van der Waals surface area contributed by atoms with E-state index in [1.807, 2.05) is 0 Å². The van der Waals surface area contributed by atoms with Gasteiger partial charge in [0.2, 0.25) is 0 Å². The zero-order chi connectivity index (χ0) is 12.3. The van der Waals surface area contributed by atoms with Crippen LogP contribution in [0.5, 0.6) is 0 Å². The number of hydrogen-bond donors (Lipinski definition) is 0. The number of ether oxygens (including phenoxy) is 1. The van der Waals surface area contributed by atoms with Crippen LogP contribution in [0.2, 0.25) is 0 Å². The molecule has 0 saturated carbocycles. The Labute approximate surface area is 119 Å². The first-order valence-electron chi connectivity index (χ1n) is 6.19. The molecule has 1 aliphatic heterocycles. The average Bonchev–Trinajstić information content (AvgIpc) is 2.34. The molecule has 2 rings (SSSR count). The first-order chi connectivity index (χ1) is 8.22. The topological polar surface area (TPSA) is 9.23 Å². The Balaban J connectivity index is 0.00000162. The maximum atomic E-state index is 13.6. The smallest absolute Gasteiger partial charge is 0.378 e. The van der Waals surface area contributed by atoms with Gasteiger partial charge in [-0.15, -0.1) is 11.6 Å². The van der Waals surface area contributed by atoms with Crippen molar-refractivity contribution in [3.8, 4) is 0 Å². The van der Waals surface area contributed by atoms with Gasteiger partial charge < -0.3 is 4.74 Å². The van der Waals surface area contributed by atoms with E-state index in [0.29, 0.717) is 18.3 Å². The number of halogens is 2. The molecular formula is C14H17F2LiO. The third-order valence-electron chi connectivity index (χ3n) is 3.34. The van der Waals surface area contributed by atoms with Gasteiger partial charge in [0, 0.05) is 11.6 Å². The fourth-order valence-corrected chi connectivity index (χ4v) is 2.38. The van der Waals surface area contributed by atoms with Crippen molar-refractivity contribution >= 4 is 0 Å². The van der Waals surface area contributed by atoms with Crippen molar-refractivity contribution in [1.82, 2.24) is 0 Å². The molecule has 94 valence electrons. The zero-order valence-electron chi connectivity index (χ0n) is 11.0. The molecule has 4 heteroatoms. The number of hydrogen-bond acceptors (Lipinski definition) is 1. The molecule has 0 N–H and O–H groups in total. The summed E-state index contributed by atoms with van der Waals surface area (Å²) in [7, 11) is 0. The molecule has 2 atom stereocenters. The van der Waals surface area contributed by atoms with E-state index in [-0.39, 0.29) is 24.8 Å². The van der Waals surface area contributed by atoms with Crippen LogP contribution in [0.4, 0.5) is 8.78 Å². The van der Waals surface area contributed by atoms with Gasteiger partial charge in [-0.2, -0.15) is 12.1 Å². The molecule has 0 spiro atoms. The third kappa shape index (κ3) is 3.57. The summed E-state index contributed by atoms with van der Waals surface area (Å²) >= 11 is 0. The molecular weight excluding hydrogens is 229 g/mol. The van der Waals surface area contributed by atoms with Gasteiger partial charge in [0.15, 0.2) is 0 Å². The SMILES string of the molecule is CCCC1CCC(c2cc[c-]c(F)c2F)CO1.[Li+]. The second-order valence-corrected chi connectivity index (χ2v) is 4.58. The van der Waals surface area contributed by atoms with Crippen LogP contribution in [0.25, 0.3) is 0 Å². The molecule has 1 fully saturated rings. The molecule has 0 aliphatic carbocycles. The summed E-state index contributed by atoms with van der Waals surface area (Å²) in [6.07, 6.45) is 4.23. The monoisotopic (exact) mass is 246 g/mol. The fourth-order valence-electron chi connectivity index (χ4n) is 2.38. The van der Waals surface area contributed by atoms with Crippen LogP contribution in [0.1, 0.15) is 44.1 Å². The van der Waals surface area contributed by atoms with Crippen molar-refractivity contribution < 1.29 is 32.4 Å². The summed E-state index contributed by atoms with van der Waals surface area (Å²) in [6.45, 7) is 2.61. The predicted octanol–water partition coefficient (Wildman–Crippen LogP) is 0.832. The molecule has 1 aromatic rings. The molecule has 1 heterocycles. The van der Waals surface area contributed by atoms with E-state index in [1.165, 1.54) is 6.07 Å². The Morgan fingerprint density at radius 1 is 1.39 bits per heavy atom. The Morgan fingerprint density at radius 2 is 2.17 bits per heavy atom. The van der Waals surface area contributed by atoms with Gasteiger partial charge in [0.1, 0.15) is 0 Å². The second kappa shape index (κ2) is 7.28. The van der Waals surface area contributed by atoms with Crippen LogP contribution in [-0.4, -0.2) is 12.7 Å². The maximum absolute atomic E-state index is 13.6. The van der Waals surface area contributed by atoms with Gasteiger partial charge in [-0.25, -0.2) is 4.39 Å². The Hall–Kier alpha value is -0.363. The van der Waals surface area contributed by atoms with E-state index in [2.05, 4.69) is 13.0 Å². The predicted molar refractivity (Wildman–Crippen MR) is 61.8 cm³/mol. The average molecular weight is 246 g/mol. The largest absolute Gasteiger partial charge is 1.00 e. The Bertz CT molecular complexity index is 376. The summed E-state index contributed by atoms with van der Waals surface area (Å²) in [5.74, 6) is -1.68. The van der Waals surface area contributed by atoms with E-state index < -0.39 is 11.6 Å². The number of rotatable bonds is 3. The van der Waals surface area contributed by atoms with Gasteiger partial charge in [0.25, 0.3) is 0 Å². The molecule has 1 nitrogen and oxygen atoms in total.